The lowest BCUT2D eigenvalue weighted by molar-refractivity contribution is -0.121. The Morgan fingerprint density at radius 2 is 1.79 bits per heavy atom. The number of hydrogen-bond donors (Lipinski definition) is 1. The van der Waals surface area contributed by atoms with E-state index < -0.39 is 0 Å². The third kappa shape index (κ3) is 4.23. The lowest BCUT2D eigenvalue weighted by atomic mass is 10.1. The number of aromatic nitrogens is 2. The van der Waals surface area contributed by atoms with Crippen LogP contribution in [0.1, 0.15) is 22.4 Å². The Kier molecular flexibility index (Phi) is 5.87. The predicted molar refractivity (Wildman–Crippen MR) is 112 cm³/mol. The minimum Gasteiger partial charge on any atom is -0.497 e. The highest BCUT2D eigenvalue weighted by Crippen LogP contribution is 2.24. The summed E-state index contributed by atoms with van der Waals surface area (Å²) in [6.45, 7) is 5.82. The van der Waals surface area contributed by atoms with Gasteiger partial charge in [0.05, 0.1) is 25.3 Å². The van der Waals surface area contributed by atoms with Gasteiger partial charge in [0, 0.05) is 18.2 Å². The van der Waals surface area contributed by atoms with Crippen LogP contribution >= 0.6 is 0 Å². The van der Waals surface area contributed by atoms with E-state index in [0.29, 0.717) is 28.2 Å². The molecule has 7 heteroatoms. The SMILES string of the molecule is COc1ccc(CNC(=O)Cn2c(=O)c(C)nc3cc(C)c(C)cc32)c(OC)c1. The van der Waals surface area contributed by atoms with Gasteiger partial charge in [-0.15, -0.1) is 0 Å². The molecule has 0 atom stereocenters. The van der Waals surface area contributed by atoms with E-state index in [0.717, 1.165) is 16.7 Å². The zero-order chi connectivity index (χ0) is 21.1. The summed E-state index contributed by atoms with van der Waals surface area (Å²) in [5.74, 6) is 1.03. The van der Waals surface area contributed by atoms with Crippen LogP contribution in [0, 0.1) is 20.8 Å². The van der Waals surface area contributed by atoms with Gasteiger partial charge in [-0.3, -0.25) is 14.2 Å². The average Bonchev–Trinajstić information content (AvgIpc) is 2.71. The second kappa shape index (κ2) is 8.34. The molecule has 0 saturated heterocycles. The molecule has 0 aliphatic rings. The van der Waals surface area contributed by atoms with Gasteiger partial charge in [0.25, 0.3) is 5.56 Å². The third-order valence-corrected chi connectivity index (χ3v) is 5.00. The summed E-state index contributed by atoms with van der Waals surface area (Å²) < 4.78 is 12.0. The van der Waals surface area contributed by atoms with Gasteiger partial charge in [-0.1, -0.05) is 0 Å². The number of fused-ring (bicyclic) bond motifs is 1. The van der Waals surface area contributed by atoms with Crippen LogP contribution in [0.15, 0.2) is 35.1 Å². The van der Waals surface area contributed by atoms with Gasteiger partial charge in [-0.2, -0.15) is 0 Å². The number of nitrogens with one attached hydrogen (secondary N) is 1. The Labute approximate surface area is 169 Å². The Balaban J connectivity index is 1.84. The van der Waals surface area contributed by atoms with E-state index in [1.807, 2.05) is 32.0 Å². The van der Waals surface area contributed by atoms with Crippen molar-refractivity contribution in [2.24, 2.45) is 0 Å². The summed E-state index contributed by atoms with van der Waals surface area (Å²) in [6.07, 6.45) is 0. The summed E-state index contributed by atoms with van der Waals surface area (Å²) in [7, 11) is 3.15. The van der Waals surface area contributed by atoms with Gasteiger partial charge in [-0.05, 0) is 56.2 Å². The molecule has 0 fully saturated rings. The molecule has 2 aromatic carbocycles. The number of methoxy groups -OCH3 is 2. The molecular formula is C22H25N3O4. The van der Waals surface area contributed by atoms with Crippen molar-refractivity contribution in [2.75, 3.05) is 14.2 Å². The average molecular weight is 395 g/mol. The van der Waals surface area contributed by atoms with Crippen molar-refractivity contribution in [2.45, 2.75) is 33.9 Å². The van der Waals surface area contributed by atoms with E-state index in [1.165, 1.54) is 4.57 Å². The summed E-state index contributed by atoms with van der Waals surface area (Å²) >= 11 is 0. The highest BCUT2D eigenvalue weighted by atomic mass is 16.5. The Bertz CT molecular complexity index is 1140. The van der Waals surface area contributed by atoms with Gasteiger partial charge in [0.2, 0.25) is 5.91 Å². The summed E-state index contributed by atoms with van der Waals surface area (Å²) in [4.78, 5) is 29.6. The molecule has 0 radical (unpaired) electrons. The van der Waals surface area contributed by atoms with E-state index in [-0.39, 0.29) is 24.6 Å². The van der Waals surface area contributed by atoms with Crippen LogP contribution in [0.4, 0.5) is 0 Å². The molecule has 1 amide bonds. The smallest absolute Gasteiger partial charge is 0.272 e. The van der Waals surface area contributed by atoms with E-state index in [2.05, 4.69) is 10.3 Å². The molecule has 29 heavy (non-hydrogen) atoms. The number of hydrogen-bond acceptors (Lipinski definition) is 5. The number of amides is 1. The molecule has 0 spiro atoms. The first-order valence-corrected chi connectivity index (χ1v) is 9.30. The standard InChI is InChI=1S/C22H25N3O4/c1-13-8-18-19(9-14(13)2)25(22(27)15(3)24-18)12-21(26)23-11-16-6-7-17(28-4)10-20(16)29-5/h6-10H,11-12H2,1-5H3,(H,23,26). The van der Waals surface area contributed by atoms with Gasteiger partial charge >= 0.3 is 0 Å². The van der Waals surface area contributed by atoms with E-state index >= 15 is 0 Å². The number of rotatable bonds is 6. The fourth-order valence-corrected chi connectivity index (χ4v) is 3.17. The molecule has 1 heterocycles. The van der Waals surface area contributed by atoms with Gasteiger partial charge < -0.3 is 14.8 Å². The zero-order valence-corrected chi connectivity index (χ0v) is 17.3. The lowest BCUT2D eigenvalue weighted by Crippen LogP contribution is -2.33. The largest absolute Gasteiger partial charge is 0.497 e. The number of ether oxygens (including phenoxy) is 2. The topological polar surface area (TPSA) is 82.5 Å². The summed E-state index contributed by atoms with van der Waals surface area (Å²) in [6, 6.07) is 9.24. The van der Waals surface area contributed by atoms with Crippen molar-refractivity contribution >= 4 is 16.9 Å². The number of benzene rings is 2. The van der Waals surface area contributed by atoms with Crippen LogP contribution in [0.2, 0.25) is 0 Å². The van der Waals surface area contributed by atoms with Crippen molar-refractivity contribution in [3.05, 3.63) is 63.1 Å². The quantitative estimate of drug-likeness (QED) is 0.694. The Hall–Kier alpha value is -3.35. The van der Waals surface area contributed by atoms with Crippen LogP contribution in [0.25, 0.3) is 11.0 Å². The molecule has 3 rings (SSSR count). The first kappa shape index (κ1) is 20.4. The highest BCUT2D eigenvalue weighted by Gasteiger charge is 2.14. The van der Waals surface area contributed by atoms with Crippen LogP contribution in [-0.4, -0.2) is 29.7 Å². The van der Waals surface area contributed by atoms with Crippen LogP contribution < -0.4 is 20.3 Å². The molecule has 3 aromatic rings. The maximum absolute atomic E-state index is 12.6. The summed E-state index contributed by atoms with van der Waals surface area (Å²) in [5, 5.41) is 2.86. The zero-order valence-electron chi connectivity index (χ0n) is 17.3. The Morgan fingerprint density at radius 3 is 2.48 bits per heavy atom. The van der Waals surface area contributed by atoms with Crippen LogP contribution in [-0.2, 0) is 17.9 Å². The number of aryl methyl sites for hydroxylation is 3. The van der Waals surface area contributed by atoms with E-state index in [1.54, 1.807) is 33.3 Å². The van der Waals surface area contributed by atoms with Crippen LogP contribution in [0.5, 0.6) is 11.5 Å². The fourth-order valence-electron chi connectivity index (χ4n) is 3.17. The monoisotopic (exact) mass is 395 g/mol. The number of carbonyl (C=O) groups is 1. The number of nitrogens with zero attached hydrogens (tertiary/aromatic N) is 2. The van der Waals surface area contributed by atoms with Crippen molar-refractivity contribution < 1.29 is 14.3 Å². The minimum atomic E-state index is -0.268. The Morgan fingerprint density at radius 1 is 1.07 bits per heavy atom. The van der Waals surface area contributed by atoms with E-state index in [4.69, 9.17) is 9.47 Å². The number of carbonyl (C=O) groups excluding carboxylic acids is 1. The minimum absolute atomic E-state index is 0.0837. The van der Waals surface area contributed by atoms with Crippen LogP contribution in [0.3, 0.4) is 0 Å². The first-order chi connectivity index (χ1) is 13.8. The molecule has 0 aliphatic heterocycles. The molecule has 0 unspecified atom stereocenters. The molecule has 1 N–H and O–H groups in total. The van der Waals surface area contributed by atoms with E-state index in [9.17, 15) is 9.59 Å². The van der Waals surface area contributed by atoms with Crippen molar-refractivity contribution in [1.29, 1.82) is 0 Å². The molecule has 0 aliphatic carbocycles. The van der Waals surface area contributed by atoms with Gasteiger partial charge in [0.15, 0.2) is 0 Å². The predicted octanol–water partition coefficient (Wildman–Crippen LogP) is 2.66. The third-order valence-electron chi connectivity index (χ3n) is 5.00. The molecule has 7 nitrogen and oxygen atoms in total. The molecule has 0 saturated carbocycles. The maximum atomic E-state index is 12.6. The van der Waals surface area contributed by atoms with Gasteiger partial charge in [0.1, 0.15) is 23.7 Å². The first-order valence-electron chi connectivity index (χ1n) is 9.30. The normalized spacial score (nSPS) is 10.8. The second-order valence-corrected chi connectivity index (χ2v) is 6.97. The van der Waals surface area contributed by atoms with Crippen molar-refractivity contribution in [3.63, 3.8) is 0 Å². The highest BCUT2D eigenvalue weighted by molar-refractivity contribution is 5.81. The van der Waals surface area contributed by atoms with Gasteiger partial charge in [-0.25, -0.2) is 4.98 Å². The molecule has 0 bridgehead atoms. The van der Waals surface area contributed by atoms with Crippen molar-refractivity contribution in [3.8, 4) is 11.5 Å². The molecule has 152 valence electrons. The maximum Gasteiger partial charge on any atom is 0.272 e. The lowest BCUT2D eigenvalue weighted by Gasteiger charge is -2.14. The van der Waals surface area contributed by atoms with Crippen molar-refractivity contribution in [1.82, 2.24) is 14.9 Å². The fraction of sp³-hybridized carbons (Fsp3) is 0.318. The molecule has 1 aromatic heterocycles. The summed E-state index contributed by atoms with van der Waals surface area (Å²) in [5.41, 5.74) is 4.40. The molecular weight excluding hydrogens is 370 g/mol. The second-order valence-electron chi connectivity index (χ2n) is 6.97.